The topological polar surface area (TPSA) is 87.7 Å². The Labute approximate surface area is 124 Å². The zero-order valence-corrected chi connectivity index (χ0v) is 11.9. The number of carbonyl (C=O) groups excluding carboxylic acids is 1. The molecule has 2 aromatic rings. The van der Waals surface area contributed by atoms with Crippen LogP contribution in [0.15, 0.2) is 41.6 Å². The monoisotopic (exact) mass is 309 g/mol. The van der Waals surface area contributed by atoms with Crippen molar-refractivity contribution in [1.82, 2.24) is 5.32 Å². The molecular formula is C13H12ClN3O2S. The van der Waals surface area contributed by atoms with E-state index in [2.05, 4.69) is 10.5 Å². The second-order valence-electron chi connectivity index (χ2n) is 3.95. The molecule has 104 valence electrons. The van der Waals surface area contributed by atoms with Gasteiger partial charge in [0, 0.05) is 16.0 Å². The summed E-state index contributed by atoms with van der Waals surface area (Å²) in [6.45, 7) is 0.429. The first-order valence-electron chi connectivity index (χ1n) is 5.70. The van der Waals surface area contributed by atoms with E-state index in [1.807, 2.05) is 6.07 Å². The van der Waals surface area contributed by atoms with Crippen LogP contribution in [0.25, 0.3) is 0 Å². The van der Waals surface area contributed by atoms with Gasteiger partial charge in [-0.3, -0.25) is 4.79 Å². The molecule has 0 unspecified atom stereocenters. The van der Waals surface area contributed by atoms with Crippen molar-refractivity contribution >= 4 is 34.7 Å². The van der Waals surface area contributed by atoms with Crippen LogP contribution in [0.4, 0.5) is 0 Å². The number of nitrogens with two attached hydrogens (primary N) is 1. The third-order valence-electron chi connectivity index (χ3n) is 2.60. The van der Waals surface area contributed by atoms with E-state index in [0.717, 1.165) is 4.88 Å². The minimum absolute atomic E-state index is 0.00480. The quantitative estimate of drug-likeness (QED) is 0.351. The summed E-state index contributed by atoms with van der Waals surface area (Å²) < 4.78 is 0.692. The molecule has 1 amide bonds. The van der Waals surface area contributed by atoms with E-state index >= 15 is 0 Å². The summed E-state index contributed by atoms with van der Waals surface area (Å²) in [6.07, 6.45) is 0. The second kappa shape index (κ2) is 6.40. The van der Waals surface area contributed by atoms with Crippen LogP contribution in [0.2, 0.25) is 4.34 Å². The molecule has 5 nitrogen and oxygen atoms in total. The fourth-order valence-electron chi connectivity index (χ4n) is 1.57. The van der Waals surface area contributed by atoms with E-state index < -0.39 is 0 Å². The molecule has 0 aliphatic rings. The summed E-state index contributed by atoms with van der Waals surface area (Å²) in [7, 11) is 0. The largest absolute Gasteiger partial charge is 0.409 e. The number of oxime groups is 1. The van der Waals surface area contributed by atoms with E-state index in [9.17, 15) is 4.79 Å². The Morgan fingerprint density at radius 3 is 2.45 bits per heavy atom. The van der Waals surface area contributed by atoms with Crippen molar-refractivity contribution in [2.75, 3.05) is 0 Å². The minimum atomic E-state index is -0.194. The highest BCUT2D eigenvalue weighted by Crippen LogP contribution is 2.21. The molecule has 0 atom stereocenters. The lowest BCUT2D eigenvalue weighted by atomic mass is 10.1. The molecule has 0 saturated carbocycles. The maximum atomic E-state index is 11.9. The highest BCUT2D eigenvalue weighted by atomic mass is 35.5. The number of thiophene rings is 1. The van der Waals surface area contributed by atoms with Gasteiger partial charge < -0.3 is 16.3 Å². The van der Waals surface area contributed by atoms with E-state index in [1.165, 1.54) is 11.3 Å². The molecule has 0 saturated heterocycles. The normalized spacial score (nSPS) is 11.3. The first-order chi connectivity index (χ1) is 9.60. The van der Waals surface area contributed by atoms with E-state index in [4.69, 9.17) is 22.5 Å². The number of hydrogen-bond donors (Lipinski definition) is 3. The van der Waals surface area contributed by atoms with Crippen LogP contribution in [-0.4, -0.2) is 17.0 Å². The molecular weight excluding hydrogens is 298 g/mol. The highest BCUT2D eigenvalue weighted by Gasteiger charge is 2.07. The zero-order chi connectivity index (χ0) is 14.5. The molecule has 0 radical (unpaired) electrons. The Kier molecular flexibility index (Phi) is 4.60. The van der Waals surface area contributed by atoms with Gasteiger partial charge in [0.25, 0.3) is 5.91 Å². The lowest BCUT2D eigenvalue weighted by Crippen LogP contribution is -2.22. The Bertz CT molecular complexity index is 637. The Hall–Kier alpha value is -2.05. The zero-order valence-electron chi connectivity index (χ0n) is 10.3. The van der Waals surface area contributed by atoms with Crippen molar-refractivity contribution in [2.24, 2.45) is 10.9 Å². The molecule has 1 aromatic carbocycles. The van der Waals surface area contributed by atoms with Gasteiger partial charge in [-0.15, -0.1) is 11.3 Å². The maximum absolute atomic E-state index is 11.9. The molecule has 0 bridgehead atoms. The van der Waals surface area contributed by atoms with E-state index in [-0.39, 0.29) is 11.7 Å². The number of hydrogen-bond acceptors (Lipinski definition) is 4. The molecule has 0 spiro atoms. The summed E-state index contributed by atoms with van der Waals surface area (Å²) in [5, 5.41) is 14.2. The van der Waals surface area contributed by atoms with Crippen LogP contribution in [0.3, 0.4) is 0 Å². The number of nitrogens with zero attached hydrogens (tertiary/aromatic N) is 1. The van der Waals surface area contributed by atoms with Crippen LogP contribution >= 0.6 is 22.9 Å². The van der Waals surface area contributed by atoms with Crippen molar-refractivity contribution in [2.45, 2.75) is 6.54 Å². The standard InChI is InChI=1S/C13H12ClN3O2S/c14-11-6-5-10(20-11)7-16-13(18)9-3-1-8(2-4-9)12(15)17-19/h1-6,19H,7H2,(H2,15,17)(H,16,18). The van der Waals surface area contributed by atoms with Crippen LogP contribution in [0.1, 0.15) is 20.8 Å². The lowest BCUT2D eigenvalue weighted by Gasteiger charge is -2.04. The van der Waals surface area contributed by atoms with Crippen LogP contribution in [0.5, 0.6) is 0 Å². The van der Waals surface area contributed by atoms with Gasteiger partial charge in [0.15, 0.2) is 5.84 Å². The molecule has 1 aromatic heterocycles. The SMILES string of the molecule is NC(=NO)c1ccc(C(=O)NCc2ccc(Cl)s2)cc1. The number of amides is 1. The van der Waals surface area contributed by atoms with Gasteiger partial charge in [-0.25, -0.2) is 0 Å². The Balaban J connectivity index is 1.99. The first kappa shape index (κ1) is 14.4. The van der Waals surface area contributed by atoms with E-state index in [0.29, 0.717) is 22.0 Å². The molecule has 20 heavy (non-hydrogen) atoms. The highest BCUT2D eigenvalue weighted by molar-refractivity contribution is 7.16. The lowest BCUT2D eigenvalue weighted by molar-refractivity contribution is 0.0951. The Morgan fingerprint density at radius 2 is 1.90 bits per heavy atom. The van der Waals surface area contributed by atoms with Gasteiger partial charge in [0.05, 0.1) is 10.9 Å². The van der Waals surface area contributed by atoms with Gasteiger partial charge in [0.2, 0.25) is 0 Å². The predicted molar refractivity (Wildman–Crippen MR) is 79.5 cm³/mol. The minimum Gasteiger partial charge on any atom is -0.409 e. The number of halogens is 1. The molecule has 1 heterocycles. The maximum Gasteiger partial charge on any atom is 0.251 e. The van der Waals surface area contributed by atoms with Crippen LogP contribution in [0, 0.1) is 0 Å². The van der Waals surface area contributed by atoms with Crippen molar-refractivity contribution < 1.29 is 10.0 Å². The van der Waals surface area contributed by atoms with Crippen molar-refractivity contribution in [3.8, 4) is 0 Å². The van der Waals surface area contributed by atoms with Crippen molar-refractivity contribution in [3.05, 3.63) is 56.7 Å². The average molecular weight is 310 g/mol. The number of nitrogens with one attached hydrogen (secondary N) is 1. The second-order valence-corrected chi connectivity index (χ2v) is 5.75. The Morgan fingerprint density at radius 1 is 1.25 bits per heavy atom. The van der Waals surface area contributed by atoms with Crippen molar-refractivity contribution in [1.29, 1.82) is 0 Å². The average Bonchev–Trinajstić information content (AvgIpc) is 2.89. The molecule has 4 N–H and O–H groups in total. The fraction of sp³-hybridized carbons (Fsp3) is 0.0769. The van der Waals surface area contributed by atoms with E-state index in [1.54, 1.807) is 30.3 Å². The number of carbonyl (C=O) groups is 1. The summed E-state index contributed by atoms with van der Waals surface area (Å²) in [5.74, 6) is -0.189. The van der Waals surface area contributed by atoms with Gasteiger partial charge in [-0.1, -0.05) is 28.9 Å². The van der Waals surface area contributed by atoms with Crippen molar-refractivity contribution in [3.63, 3.8) is 0 Å². The number of benzene rings is 1. The molecule has 0 fully saturated rings. The van der Waals surface area contributed by atoms with Crippen LogP contribution in [-0.2, 0) is 6.54 Å². The molecule has 0 aliphatic heterocycles. The molecule has 0 aliphatic carbocycles. The molecule has 7 heteroatoms. The predicted octanol–water partition coefficient (Wildman–Crippen LogP) is 2.43. The van der Waals surface area contributed by atoms with Gasteiger partial charge in [-0.2, -0.15) is 0 Å². The summed E-state index contributed by atoms with van der Waals surface area (Å²) in [5.41, 5.74) is 6.50. The molecule has 2 rings (SSSR count). The van der Waals surface area contributed by atoms with Crippen LogP contribution < -0.4 is 11.1 Å². The van der Waals surface area contributed by atoms with Gasteiger partial charge >= 0.3 is 0 Å². The van der Waals surface area contributed by atoms with Gasteiger partial charge in [0.1, 0.15) is 0 Å². The van der Waals surface area contributed by atoms with Gasteiger partial charge in [-0.05, 0) is 24.3 Å². The fourth-order valence-corrected chi connectivity index (χ4v) is 2.59. The summed E-state index contributed by atoms with van der Waals surface area (Å²) in [6, 6.07) is 10.1. The first-order valence-corrected chi connectivity index (χ1v) is 6.90. The third-order valence-corrected chi connectivity index (χ3v) is 3.83. The number of rotatable bonds is 4. The third kappa shape index (κ3) is 3.49. The number of amidine groups is 1. The summed E-state index contributed by atoms with van der Waals surface area (Å²) in [4.78, 5) is 12.9. The summed E-state index contributed by atoms with van der Waals surface area (Å²) >= 11 is 7.24. The smallest absolute Gasteiger partial charge is 0.251 e.